The van der Waals surface area contributed by atoms with Gasteiger partial charge in [0, 0.05) is 6.42 Å². The molecule has 0 aliphatic heterocycles. The first-order valence-corrected chi connectivity index (χ1v) is 3.02. The molecule has 0 nitrogen and oxygen atoms in total. The molecule has 0 rings (SSSR count). The van der Waals surface area contributed by atoms with Gasteiger partial charge in [-0.1, -0.05) is 20.3 Å². The molecule has 0 fully saturated rings. The zero-order valence-electron chi connectivity index (χ0n) is 5.63. The van der Waals surface area contributed by atoms with Crippen molar-refractivity contribution in [1.82, 2.24) is 0 Å². The van der Waals surface area contributed by atoms with Crippen molar-refractivity contribution >= 4 is 0 Å². The fourth-order valence-electron chi connectivity index (χ4n) is 0.539. The van der Waals surface area contributed by atoms with Crippen LogP contribution in [-0.2, 0) is 0 Å². The number of alkyl halides is 3. The summed E-state index contributed by atoms with van der Waals surface area (Å²) < 4.78 is 34.5. The zero-order chi connectivity index (χ0) is 7.49. The number of halogens is 3. The van der Waals surface area contributed by atoms with E-state index in [-0.39, 0.29) is 5.92 Å². The van der Waals surface area contributed by atoms with Gasteiger partial charge in [-0.2, -0.15) is 13.2 Å². The third kappa shape index (κ3) is 5.66. The molecule has 3 heteroatoms. The van der Waals surface area contributed by atoms with Crippen molar-refractivity contribution in [3.05, 3.63) is 0 Å². The first-order valence-electron chi connectivity index (χ1n) is 3.02. The van der Waals surface area contributed by atoms with Gasteiger partial charge in [-0.3, -0.25) is 0 Å². The normalized spacial score (nSPS) is 15.7. The monoisotopic (exact) mass is 140 g/mol. The van der Waals surface area contributed by atoms with Gasteiger partial charge in [-0.05, 0) is 5.92 Å². The number of rotatable bonds is 2. The number of hydrogen-bond acceptors (Lipinski definition) is 0. The van der Waals surface area contributed by atoms with Gasteiger partial charge >= 0.3 is 6.18 Å². The minimum absolute atomic E-state index is 0.231. The lowest BCUT2D eigenvalue weighted by molar-refractivity contribution is -0.143. The van der Waals surface area contributed by atoms with E-state index in [2.05, 4.69) is 0 Å². The summed E-state index contributed by atoms with van der Waals surface area (Å²) in [5, 5.41) is 0. The molecule has 0 radical (unpaired) electrons. The molecule has 0 aromatic carbocycles. The van der Waals surface area contributed by atoms with E-state index in [0.717, 1.165) is 0 Å². The highest BCUT2D eigenvalue weighted by Gasteiger charge is 2.28. The maximum Gasteiger partial charge on any atom is 0.389 e. The van der Waals surface area contributed by atoms with E-state index < -0.39 is 12.6 Å². The third-order valence-electron chi connectivity index (χ3n) is 1.28. The van der Waals surface area contributed by atoms with Crippen molar-refractivity contribution in [1.29, 1.82) is 0 Å². The molecule has 0 aromatic heterocycles. The number of hydrogen-bond donors (Lipinski definition) is 0. The minimum atomic E-state index is -3.98. The van der Waals surface area contributed by atoms with Gasteiger partial charge in [0.1, 0.15) is 0 Å². The Kier molecular flexibility index (Phi) is 3.01. The lowest BCUT2D eigenvalue weighted by Gasteiger charge is -2.10. The lowest BCUT2D eigenvalue weighted by Crippen LogP contribution is -2.12. The fourth-order valence-corrected chi connectivity index (χ4v) is 0.539. The van der Waals surface area contributed by atoms with Crippen LogP contribution in [-0.4, -0.2) is 6.18 Å². The van der Waals surface area contributed by atoms with Crippen LogP contribution in [0.3, 0.4) is 0 Å². The van der Waals surface area contributed by atoms with E-state index in [1.54, 1.807) is 13.8 Å². The van der Waals surface area contributed by atoms with Crippen LogP contribution >= 0.6 is 0 Å². The molecule has 0 N–H and O–H groups in total. The molecule has 1 atom stereocenters. The summed E-state index contributed by atoms with van der Waals surface area (Å²) >= 11 is 0. The quantitative estimate of drug-likeness (QED) is 0.553. The molecule has 0 spiro atoms. The maximum absolute atomic E-state index is 11.5. The van der Waals surface area contributed by atoms with E-state index in [0.29, 0.717) is 6.42 Å². The van der Waals surface area contributed by atoms with E-state index in [4.69, 9.17) is 0 Å². The Balaban J connectivity index is 3.47. The van der Waals surface area contributed by atoms with Crippen molar-refractivity contribution in [2.75, 3.05) is 0 Å². The molecular weight excluding hydrogens is 129 g/mol. The molecule has 0 saturated heterocycles. The second-order valence-electron chi connectivity index (χ2n) is 2.33. The highest BCUT2D eigenvalue weighted by atomic mass is 19.4. The van der Waals surface area contributed by atoms with E-state index >= 15 is 0 Å². The van der Waals surface area contributed by atoms with Crippen LogP contribution in [0, 0.1) is 5.92 Å². The molecule has 0 saturated carbocycles. The Hall–Kier alpha value is -0.210. The van der Waals surface area contributed by atoms with Crippen LogP contribution in [0.15, 0.2) is 0 Å². The molecule has 0 aliphatic carbocycles. The summed E-state index contributed by atoms with van der Waals surface area (Å²) in [6.45, 7) is 3.36. The lowest BCUT2D eigenvalue weighted by atomic mass is 10.1. The van der Waals surface area contributed by atoms with E-state index in [9.17, 15) is 13.2 Å². The van der Waals surface area contributed by atoms with Gasteiger partial charge in [0.15, 0.2) is 0 Å². The molecule has 0 heterocycles. The Morgan fingerprint density at radius 3 is 1.89 bits per heavy atom. The summed E-state index contributed by atoms with van der Waals surface area (Å²) in [7, 11) is 0. The van der Waals surface area contributed by atoms with E-state index in [1.165, 1.54) is 0 Å². The van der Waals surface area contributed by atoms with Crippen molar-refractivity contribution in [2.24, 2.45) is 5.92 Å². The van der Waals surface area contributed by atoms with Crippen LogP contribution in [0.2, 0.25) is 0 Å². The van der Waals surface area contributed by atoms with Crippen molar-refractivity contribution in [3.63, 3.8) is 0 Å². The summed E-state index contributed by atoms with van der Waals surface area (Å²) in [6.07, 6.45) is -4.03. The zero-order valence-corrected chi connectivity index (χ0v) is 5.63. The molecular formula is C6H11F3. The molecule has 56 valence electrons. The minimum Gasteiger partial charge on any atom is -0.171 e. The van der Waals surface area contributed by atoms with Gasteiger partial charge in [-0.15, -0.1) is 0 Å². The van der Waals surface area contributed by atoms with Gasteiger partial charge < -0.3 is 0 Å². The summed E-state index contributed by atoms with van der Waals surface area (Å²) in [5.41, 5.74) is 0. The molecule has 0 aromatic rings. The Morgan fingerprint density at radius 2 is 1.78 bits per heavy atom. The third-order valence-corrected chi connectivity index (χ3v) is 1.28. The summed E-state index contributed by atoms with van der Waals surface area (Å²) in [5.74, 6) is -0.231. The van der Waals surface area contributed by atoms with Gasteiger partial charge in [0.05, 0.1) is 0 Å². The first-order chi connectivity index (χ1) is 3.95. The average Bonchev–Trinajstić information content (AvgIpc) is 1.62. The topological polar surface area (TPSA) is 0 Å². The second kappa shape index (κ2) is 3.08. The molecule has 0 amide bonds. The van der Waals surface area contributed by atoms with E-state index in [1.807, 2.05) is 0 Å². The Bertz CT molecular complexity index is 74.9. The SMILES string of the molecule is CC[C@@H](C)CC(F)(F)F. The maximum atomic E-state index is 11.5. The predicted molar refractivity (Wildman–Crippen MR) is 30.1 cm³/mol. The summed E-state index contributed by atoms with van der Waals surface area (Å²) in [6, 6.07) is 0. The largest absolute Gasteiger partial charge is 0.389 e. The second-order valence-corrected chi connectivity index (χ2v) is 2.33. The molecule has 0 unspecified atom stereocenters. The fraction of sp³-hybridized carbons (Fsp3) is 1.00. The van der Waals surface area contributed by atoms with Gasteiger partial charge in [-0.25, -0.2) is 0 Å². The van der Waals surface area contributed by atoms with Crippen molar-refractivity contribution in [2.45, 2.75) is 32.9 Å². The molecule has 0 bridgehead atoms. The van der Waals surface area contributed by atoms with Crippen LogP contribution in [0.25, 0.3) is 0 Å². The molecule has 0 aliphatic rings. The first kappa shape index (κ1) is 8.79. The van der Waals surface area contributed by atoms with Gasteiger partial charge in [0.25, 0.3) is 0 Å². The van der Waals surface area contributed by atoms with Gasteiger partial charge in [0.2, 0.25) is 0 Å². The van der Waals surface area contributed by atoms with Crippen LogP contribution < -0.4 is 0 Å². The average molecular weight is 140 g/mol. The highest BCUT2D eigenvalue weighted by Crippen LogP contribution is 2.25. The Labute approximate surface area is 53.1 Å². The van der Waals surface area contributed by atoms with Crippen molar-refractivity contribution in [3.8, 4) is 0 Å². The highest BCUT2D eigenvalue weighted by molar-refractivity contribution is 4.56. The molecule has 9 heavy (non-hydrogen) atoms. The van der Waals surface area contributed by atoms with Crippen LogP contribution in [0.4, 0.5) is 13.2 Å². The predicted octanol–water partition coefficient (Wildman–Crippen LogP) is 2.98. The van der Waals surface area contributed by atoms with Crippen LogP contribution in [0.5, 0.6) is 0 Å². The summed E-state index contributed by atoms with van der Waals surface area (Å²) in [4.78, 5) is 0. The standard InChI is InChI=1S/C6H11F3/c1-3-5(2)4-6(7,8)9/h5H,3-4H2,1-2H3/t5-/m1/s1. The Morgan fingerprint density at radius 1 is 1.33 bits per heavy atom. The van der Waals surface area contributed by atoms with Crippen LogP contribution in [0.1, 0.15) is 26.7 Å². The van der Waals surface area contributed by atoms with Crippen molar-refractivity contribution < 1.29 is 13.2 Å². The smallest absolute Gasteiger partial charge is 0.171 e.